The Balaban J connectivity index is 1.86. The van der Waals surface area contributed by atoms with Crippen LogP contribution in [0.15, 0.2) is 22.8 Å². The van der Waals surface area contributed by atoms with E-state index < -0.39 is 17.2 Å². The van der Waals surface area contributed by atoms with Crippen molar-refractivity contribution >= 4 is 15.6 Å². The normalized spacial score (nSPS) is 31.8. The first kappa shape index (κ1) is 14.7. The summed E-state index contributed by atoms with van der Waals surface area (Å²) in [6.45, 7) is 4.96. The highest BCUT2D eigenvalue weighted by molar-refractivity contribution is 8.13. The van der Waals surface area contributed by atoms with Crippen LogP contribution in [0.1, 0.15) is 13.8 Å². The molecule has 0 aromatic carbocycles. The highest BCUT2D eigenvalue weighted by Crippen LogP contribution is 2.26. The molecule has 1 N–H and O–H groups in total. The molecule has 0 saturated carbocycles. The average molecular weight is 288 g/mol. The van der Waals surface area contributed by atoms with Crippen molar-refractivity contribution in [2.24, 2.45) is 5.92 Å². The molecule has 0 bridgehead atoms. The summed E-state index contributed by atoms with van der Waals surface area (Å²) in [6.07, 6.45) is 1.83. The fourth-order valence-electron chi connectivity index (χ4n) is 1.81. The topological polar surface area (TPSA) is 57.2 Å². The molecule has 2 aliphatic heterocycles. The number of hydrogen-bond acceptors (Lipinski definition) is 5. The molecule has 2 heterocycles. The van der Waals surface area contributed by atoms with E-state index in [4.69, 9.17) is 18.9 Å². The van der Waals surface area contributed by atoms with E-state index in [9.17, 15) is 4.55 Å². The zero-order valence-corrected chi connectivity index (χ0v) is 12.2. The number of methoxy groups -OCH3 is 1. The van der Waals surface area contributed by atoms with Crippen molar-refractivity contribution < 1.29 is 23.5 Å². The minimum Gasteiger partial charge on any atom is -0.493 e. The second kappa shape index (κ2) is 6.67. The van der Waals surface area contributed by atoms with Crippen molar-refractivity contribution in [2.45, 2.75) is 20.3 Å². The van der Waals surface area contributed by atoms with Gasteiger partial charge in [-0.15, -0.1) is 0 Å². The van der Waals surface area contributed by atoms with Crippen LogP contribution in [0.3, 0.4) is 0 Å². The predicted molar refractivity (Wildman–Crippen MR) is 74.9 cm³/mol. The van der Waals surface area contributed by atoms with Crippen LogP contribution in [-0.2, 0) is 18.9 Å². The van der Waals surface area contributed by atoms with Gasteiger partial charge in [0, 0.05) is 23.5 Å². The van der Waals surface area contributed by atoms with Crippen LogP contribution >= 0.6 is 10.8 Å². The lowest BCUT2D eigenvalue weighted by atomic mass is 10.1. The molecule has 0 amide bonds. The molecule has 0 aliphatic carbocycles. The van der Waals surface area contributed by atoms with Gasteiger partial charge in [-0.25, -0.2) is 0 Å². The summed E-state index contributed by atoms with van der Waals surface area (Å²) in [6, 6.07) is 0. The number of ether oxygens (including phenoxy) is 4. The molecule has 0 aromatic heterocycles. The molecule has 2 aliphatic rings. The molecule has 108 valence electrons. The second-order valence-electron chi connectivity index (χ2n) is 4.53. The van der Waals surface area contributed by atoms with Crippen LogP contribution in [-0.4, -0.2) is 42.8 Å². The molecule has 1 saturated heterocycles. The first-order valence-corrected chi connectivity index (χ1v) is 7.40. The maximum absolute atomic E-state index is 9.70. The molecule has 1 unspecified atom stereocenters. The molecular weight excluding hydrogens is 268 g/mol. The lowest BCUT2D eigenvalue weighted by Gasteiger charge is -2.28. The Morgan fingerprint density at radius 2 is 2.05 bits per heavy atom. The van der Waals surface area contributed by atoms with Gasteiger partial charge in [-0.2, -0.15) is 0 Å². The Morgan fingerprint density at radius 1 is 1.37 bits per heavy atom. The summed E-state index contributed by atoms with van der Waals surface area (Å²) in [5.74, 6) is 0.999. The predicted octanol–water partition coefficient (Wildman–Crippen LogP) is 2.33. The van der Waals surface area contributed by atoms with Gasteiger partial charge in [-0.3, -0.25) is 0 Å². The van der Waals surface area contributed by atoms with Gasteiger partial charge in [0.25, 0.3) is 6.48 Å². The van der Waals surface area contributed by atoms with E-state index in [0.717, 1.165) is 16.2 Å². The van der Waals surface area contributed by atoms with E-state index >= 15 is 0 Å². The molecule has 0 aromatic rings. The van der Waals surface area contributed by atoms with Crippen LogP contribution in [0, 0.1) is 5.92 Å². The average Bonchev–Trinajstić information content (AvgIpc) is 2.45. The summed E-state index contributed by atoms with van der Waals surface area (Å²) in [5.41, 5.74) is 1.00. The third-order valence-electron chi connectivity index (χ3n) is 3.16. The molecular formula is C13H20O5S. The van der Waals surface area contributed by atoms with Crippen molar-refractivity contribution in [1.29, 1.82) is 0 Å². The molecule has 0 radical (unpaired) electrons. The van der Waals surface area contributed by atoms with Crippen molar-refractivity contribution in [1.82, 2.24) is 0 Å². The molecule has 0 spiro atoms. The maximum atomic E-state index is 9.70. The van der Waals surface area contributed by atoms with Crippen LogP contribution in [0.4, 0.5) is 0 Å². The Morgan fingerprint density at radius 3 is 2.68 bits per heavy atom. The highest BCUT2D eigenvalue weighted by atomic mass is 32.2. The van der Waals surface area contributed by atoms with Crippen LogP contribution in [0.25, 0.3) is 0 Å². The molecule has 2 rings (SSSR count). The SMILES string of the molecule is COC1OCC(COC2=C(C)C(C)=S(O)C=C2)CO1. The summed E-state index contributed by atoms with van der Waals surface area (Å²) in [7, 11) is 0.781. The zero-order valence-electron chi connectivity index (χ0n) is 11.4. The third-order valence-corrected chi connectivity index (χ3v) is 4.49. The summed E-state index contributed by atoms with van der Waals surface area (Å²) < 4.78 is 31.1. The molecule has 6 heteroatoms. The van der Waals surface area contributed by atoms with Crippen molar-refractivity contribution in [3.8, 4) is 0 Å². The second-order valence-corrected chi connectivity index (χ2v) is 6.04. The van der Waals surface area contributed by atoms with Gasteiger partial charge in [0.05, 0.1) is 19.8 Å². The third kappa shape index (κ3) is 3.67. The Labute approximate surface area is 115 Å². The Bertz CT molecular complexity index is 419. The van der Waals surface area contributed by atoms with Crippen molar-refractivity contribution in [3.63, 3.8) is 0 Å². The number of rotatable bonds is 4. The zero-order chi connectivity index (χ0) is 13.8. The monoisotopic (exact) mass is 288 g/mol. The minimum atomic E-state index is -0.768. The standard InChI is InChI=1S/C13H20O5S/c1-9-10(2)19(14)5-4-12(9)16-6-11-7-17-13(15-3)18-8-11/h4-5,11,13-14H,6-8H2,1-3H3. The van der Waals surface area contributed by atoms with Crippen LogP contribution in [0.2, 0.25) is 0 Å². The van der Waals surface area contributed by atoms with E-state index in [1.807, 2.05) is 19.9 Å². The summed E-state index contributed by atoms with van der Waals surface area (Å²) in [5, 5.41) is 1.76. The van der Waals surface area contributed by atoms with Gasteiger partial charge in [-0.1, -0.05) is 0 Å². The number of allylic oxidation sites excluding steroid dienone is 2. The quantitative estimate of drug-likeness (QED) is 0.805. The van der Waals surface area contributed by atoms with Gasteiger partial charge in [0.15, 0.2) is 0 Å². The lowest BCUT2D eigenvalue weighted by Crippen LogP contribution is -2.35. The first-order valence-electron chi connectivity index (χ1n) is 6.15. The molecule has 5 nitrogen and oxygen atoms in total. The van der Waals surface area contributed by atoms with Gasteiger partial charge in [-0.05, 0) is 36.1 Å². The maximum Gasteiger partial charge on any atom is 0.271 e. The lowest BCUT2D eigenvalue weighted by molar-refractivity contribution is -0.314. The van der Waals surface area contributed by atoms with Gasteiger partial charge < -0.3 is 23.5 Å². The fourth-order valence-corrected chi connectivity index (χ4v) is 2.68. The smallest absolute Gasteiger partial charge is 0.271 e. The largest absolute Gasteiger partial charge is 0.493 e. The minimum absolute atomic E-state index is 0.190. The summed E-state index contributed by atoms with van der Waals surface area (Å²) in [4.78, 5) is 0.952. The molecule has 19 heavy (non-hydrogen) atoms. The summed E-state index contributed by atoms with van der Waals surface area (Å²) >= 11 is 0. The van der Waals surface area contributed by atoms with Crippen LogP contribution < -0.4 is 0 Å². The van der Waals surface area contributed by atoms with E-state index in [0.29, 0.717) is 19.8 Å². The van der Waals surface area contributed by atoms with E-state index in [1.54, 1.807) is 12.5 Å². The van der Waals surface area contributed by atoms with E-state index in [1.165, 1.54) is 0 Å². The molecule has 1 atom stereocenters. The van der Waals surface area contributed by atoms with Gasteiger partial charge in [0.2, 0.25) is 0 Å². The molecule has 1 fully saturated rings. The Kier molecular flexibility index (Phi) is 5.18. The van der Waals surface area contributed by atoms with Gasteiger partial charge in [0.1, 0.15) is 5.76 Å². The van der Waals surface area contributed by atoms with Crippen molar-refractivity contribution in [2.75, 3.05) is 26.9 Å². The highest BCUT2D eigenvalue weighted by Gasteiger charge is 2.23. The Hall–Kier alpha value is -0.660. The van der Waals surface area contributed by atoms with Crippen LogP contribution in [0.5, 0.6) is 0 Å². The van der Waals surface area contributed by atoms with E-state index in [2.05, 4.69) is 0 Å². The van der Waals surface area contributed by atoms with Crippen molar-refractivity contribution in [3.05, 3.63) is 22.8 Å². The van der Waals surface area contributed by atoms with E-state index in [-0.39, 0.29) is 5.92 Å². The number of hydrogen-bond donors (Lipinski definition) is 1. The fraction of sp³-hybridized carbons (Fsp3) is 0.615. The van der Waals surface area contributed by atoms with Gasteiger partial charge >= 0.3 is 0 Å². The first-order chi connectivity index (χ1) is 9.11.